The van der Waals surface area contributed by atoms with Crippen LogP contribution in [0.4, 0.5) is 11.4 Å². The van der Waals surface area contributed by atoms with Crippen LogP contribution in [0.25, 0.3) is 0 Å². The van der Waals surface area contributed by atoms with Crippen molar-refractivity contribution < 1.29 is 18.1 Å². The number of sulfonamides is 1. The molecule has 0 aliphatic carbocycles. The number of rotatable bonds is 5. The summed E-state index contributed by atoms with van der Waals surface area (Å²) in [5.74, 6) is 0.221. The number of hydrogen-bond acceptors (Lipinski definition) is 5. The lowest BCUT2D eigenvalue weighted by atomic mass is 10.2. The Morgan fingerprint density at radius 2 is 1.78 bits per heavy atom. The fraction of sp³-hybridized carbons (Fsp3) is 0.143. The van der Waals surface area contributed by atoms with Crippen LogP contribution in [0.2, 0.25) is 0 Å². The van der Waals surface area contributed by atoms with Gasteiger partial charge in [0.15, 0.2) is 0 Å². The highest BCUT2D eigenvalue weighted by Crippen LogP contribution is 2.34. The molecule has 23 heavy (non-hydrogen) atoms. The smallest absolute Gasteiger partial charge is 0.271 e. The summed E-state index contributed by atoms with van der Waals surface area (Å²) >= 11 is 3.24. The third kappa shape index (κ3) is 3.45. The highest BCUT2D eigenvalue weighted by molar-refractivity contribution is 9.10. The van der Waals surface area contributed by atoms with Gasteiger partial charge in [-0.1, -0.05) is 15.9 Å². The molecule has 0 saturated heterocycles. The number of non-ortho nitro benzene ring substituents is 1. The van der Waals surface area contributed by atoms with Gasteiger partial charge in [-0.15, -0.1) is 0 Å². The van der Waals surface area contributed by atoms with Crippen LogP contribution < -0.4 is 9.04 Å². The van der Waals surface area contributed by atoms with Crippen molar-refractivity contribution in [3.05, 3.63) is 57.1 Å². The molecule has 2 aromatic rings. The zero-order chi connectivity index (χ0) is 17.2. The Balaban J connectivity index is 2.54. The van der Waals surface area contributed by atoms with Crippen LogP contribution in [0.5, 0.6) is 5.75 Å². The Labute approximate surface area is 141 Å². The van der Waals surface area contributed by atoms with E-state index in [1.165, 1.54) is 38.4 Å². The summed E-state index contributed by atoms with van der Waals surface area (Å²) < 4.78 is 32.2. The Morgan fingerprint density at radius 1 is 1.17 bits per heavy atom. The van der Waals surface area contributed by atoms with Crippen LogP contribution in [0.15, 0.2) is 51.8 Å². The molecule has 0 atom stereocenters. The molecule has 0 fully saturated rings. The minimum atomic E-state index is -3.87. The molecule has 9 heteroatoms. The normalized spacial score (nSPS) is 11.1. The van der Waals surface area contributed by atoms with Crippen molar-refractivity contribution >= 4 is 37.3 Å². The van der Waals surface area contributed by atoms with Gasteiger partial charge in [0.2, 0.25) is 0 Å². The van der Waals surface area contributed by atoms with E-state index in [1.54, 1.807) is 12.1 Å². The lowest BCUT2D eigenvalue weighted by molar-refractivity contribution is -0.384. The molecule has 0 saturated carbocycles. The van der Waals surface area contributed by atoms with E-state index in [0.717, 1.165) is 14.8 Å². The van der Waals surface area contributed by atoms with Gasteiger partial charge in [0, 0.05) is 23.7 Å². The van der Waals surface area contributed by atoms with Crippen molar-refractivity contribution in [2.75, 3.05) is 18.5 Å². The first-order valence-electron chi connectivity index (χ1n) is 6.34. The molecular formula is C14H13BrN2O5S. The van der Waals surface area contributed by atoms with E-state index in [4.69, 9.17) is 4.74 Å². The Bertz CT molecular complexity index is 837. The fourth-order valence-electron chi connectivity index (χ4n) is 1.93. The first-order chi connectivity index (χ1) is 10.8. The number of methoxy groups -OCH3 is 1. The van der Waals surface area contributed by atoms with Crippen molar-refractivity contribution in [3.8, 4) is 5.75 Å². The summed E-state index contributed by atoms with van der Waals surface area (Å²) in [4.78, 5) is 10.4. The van der Waals surface area contributed by atoms with Crippen molar-refractivity contribution in [1.29, 1.82) is 0 Å². The molecule has 0 N–H and O–H groups in total. The molecular weight excluding hydrogens is 388 g/mol. The first kappa shape index (κ1) is 17.2. The maximum absolute atomic E-state index is 12.7. The summed E-state index contributed by atoms with van der Waals surface area (Å²) in [6.45, 7) is 0. The average Bonchev–Trinajstić information content (AvgIpc) is 2.53. The van der Waals surface area contributed by atoms with Crippen LogP contribution >= 0.6 is 15.9 Å². The molecule has 0 aliphatic rings. The quantitative estimate of drug-likeness (QED) is 0.567. The first-order valence-corrected chi connectivity index (χ1v) is 8.57. The lowest BCUT2D eigenvalue weighted by Crippen LogP contribution is -2.27. The number of ether oxygens (including phenoxy) is 1. The third-order valence-electron chi connectivity index (χ3n) is 3.18. The zero-order valence-electron chi connectivity index (χ0n) is 12.3. The molecule has 0 heterocycles. The van der Waals surface area contributed by atoms with E-state index >= 15 is 0 Å². The van der Waals surface area contributed by atoms with Gasteiger partial charge in [0.1, 0.15) is 11.4 Å². The summed E-state index contributed by atoms with van der Waals surface area (Å²) in [5.41, 5.74) is -0.136. The number of nitrogens with zero attached hydrogens (tertiary/aromatic N) is 2. The minimum Gasteiger partial charge on any atom is -0.495 e. The Hall–Kier alpha value is -2.13. The molecule has 7 nitrogen and oxygen atoms in total. The highest BCUT2D eigenvalue weighted by atomic mass is 79.9. The Morgan fingerprint density at radius 3 is 2.30 bits per heavy atom. The fourth-order valence-corrected chi connectivity index (χ4v) is 3.39. The maximum Gasteiger partial charge on any atom is 0.271 e. The number of benzene rings is 2. The molecule has 0 bridgehead atoms. The number of nitro benzene ring substituents is 1. The molecule has 0 aliphatic heterocycles. The molecule has 0 amide bonds. The van der Waals surface area contributed by atoms with Gasteiger partial charge in [0.25, 0.3) is 15.7 Å². The van der Waals surface area contributed by atoms with Crippen LogP contribution in [0, 0.1) is 10.1 Å². The number of halogens is 1. The van der Waals surface area contributed by atoms with Crippen LogP contribution in [-0.4, -0.2) is 27.5 Å². The SMILES string of the molecule is COc1ccc([N+](=O)[O-])cc1N(C)S(=O)(=O)c1ccc(Br)cc1. The number of nitro groups is 1. The number of anilines is 1. The van der Waals surface area contributed by atoms with E-state index in [1.807, 2.05) is 0 Å². The molecule has 2 rings (SSSR count). The van der Waals surface area contributed by atoms with E-state index in [0.29, 0.717) is 0 Å². The van der Waals surface area contributed by atoms with Gasteiger partial charge >= 0.3 is 0 Å². The van der Waals surface area contributed by atoms with Crippen molar-refractivity contribution in [2.45, 2.75) is 4.90 Å². The van der Waals surface area contributed by atoms with Gasteiger partial charge in [-0.05, 0) is 30.3 Å². The van der Waals surface area contributed by atoms with Crippen LogP contribution in [0.3, 0.4) is 0 Å². The molecule has 0 spiro atoms. The molecule has 122 valence electrons. The van der Waals surface area contributed by atoms with Crippen molar-refractivity contribution in [1.82, 2.24) is 0 Å². The molecule has 2 aromatic carbocycles. The zero-order valence-corrected chi connectivity index (χ0v) is 14.7. The van der Waals surface area contributed by atoms with Gasteiger partial charge in [-0.2, -0.15) is 0 Å². The average molecular weight is 401 g/mol. The van der Waals surface area contributed by atoms with Crippen molar-refractivity contribution in [3.63, 3.8) is 0 Å². The third-order valence-corrected chi connectivity index (χ3v) is 5.50. The summed E-state index contributed by atoms with van der Waals surface area (Å²) in [5, 5.41) is 10.9. The van der Waals surface area contributed by atoms with Gasteiger partial charge in [-0.3, -0.25) is 14.4 Å². The summed E-state index contributed by atoms with van der Waals surface area (Å²) in [6.07, 6.45) is 0. The van der Waals surface area contributed by atoms with E-state index in [-0.39, 0.29) is 22.0 Å². The topological polar surface area (TPSA) is 89.8 Å². The number of hydrogen-bond donors (Lipinski definition) is 0. The lowest BCUT2D eigenvalue weighted by Gasteiger charge is -2.21. The predicted molar refractivity (Wildman–Crippen MR) is 89.4 cm³/mol. The Kier molecular flexibility index (Phi) is 4.90. The predicted octanol–water partition coefficient (Wildman–Crippen LogP) is 3.19. The van der Waals surface area contributed by atoms with Gasteiger partial charge in [0.05, 0.1) is 16.9 Å². The largest absolute Gasteiger partial charge is 0.495 e. The molecule has 0 aromatic heterocycles. The summed E-state index contributed by atoms with van der Waals surface area (Å²) in [7, 11) is -1.19. The standard InChI is InChI=1S/C14H13BrN2O5S/c1-16(23(20,21)12-6-3-10(15)4-7-12)13-9-11(17(18)19)5-8-14(13)22-2/h3-9H,1-2H3. The molecule has 0 unspecified atom stereocenters. The van der Waals surface area contributed by atoms with Crippen LogP contribution in [0.1, 0.15) is 0 Å². The van der Waals surface area contributed by atoms with Crippen LogP contribution in [-0.2, 0) is 10.0 Å². The highest BCUT2D eigenvalue weighted by Gasteiger charge is 2.25. The second kappa shape index (κ2) is 6.55. The van der Waals surface area contributed by atoms with Crippen molar-refractivity contribution in [2.24, 2.45) is 0 Å². The minimum absolute atomic E-state index is 0.0664. The van der Waals surface area contributed by atoms with E-state index in [9.17, 15) is 18.5 Å². The van der Waals surface area contributed by atoms with Gasteiger partial charge in [-0.25, -0.2) is 8.42 Å². The second-order valence-electron chi connectivity index (χ2n) is 4.54. The second-order valence-corrected chi connectivity index (χ2v) is 7.42. The maximum atomic E-state index is 12.7. The summed E-state index contributed by atoms with van der Waals surface area (Å²) in [6, 6.07) is 9.87. The molecule has 0 radical (unpaired) electrons. The van der Waals surface area contributed by atoms with E-state index in [2.05, 4.69) is 15.9 Å². The monoisotopic (exact) mass is 400 g/mol. The van der Waals surface area contributed by atoms with E-state index < -0.39 is 14.9 Å². The van der Waals surface area contributed by atoms with Gasteiger partial charge < -0.3 is 4.74 Å².